The third kappa shape index (κ3) is 2.88. The van der Waals surface area contributed by atoms with Crippen molar-refractivity contribution < 1.29 is 14.3 Å². The molecule has 104 valence electrons. The molecule has 0 saturated heterocycles. The molecule has 1 aliphatic rings. The summed E-state index contributed by atoms with van der Waals surface area (Å²) in [6, 6.07) is 5.31. The molecule has 1 amide bonds. The fourth-order valence-corrected chi connectivity index (χ4v) is 1.96. The van der Waals surface area contributed by atoms with Gasteiger partial charge < -0.3 is 20.1 Å². The van der Waals surface area contributed by atoms with Crippen molar-refractivity contribution in [1.29, 1.82) is 0 Å². The molecule has 0 aromatic heterocycles. The van der Waals surface area contributed by atoms with Crippen LogP contribution in [0.25, 0.3) is 0 Å². The number of nitrogens with two attached hydrogens (primary N) is 1. The predicted molar refractivity (Wildman–Crippen MR) is 71.9 cm³/mol. The Balaban J connectivity index is 2.19. The van der Waals surface area contributed by atoms with E-state index in [0.717, 1.165) is 11.1 Å². The van der Waals surface area contributed by atoms with E-state index in [2.05, 4.69) is 0 Å². The van der Waals surface area contributed by atoms with Gasteiger partial charge in [-0.15, -0.1) is 0 Å². The maximum absolute atomic E-state index is 11.7. The molecular weight excluding hydrogens is 244 g/mol. The van der Waals surface area contributed by atoms with Gasteiger partial charge in [0.05, 0.1) is 18.8 Å². The average molecular weight is 264 g/mol. The Morgan fingerprint density at radius 1 is 1.58 bits per heavy atom. The quantitative estimate of drug-likeness (QED) is 0.888. The van der Waals surface area contributed by atoms with Crippen LogP contribution in [0, 0.1) is 0 Å². The number of hydrogen-bond acceptors (Lipinski definition) is 4. The van der Waals surface area contributed by atoms with E-state index in [0.29, 0.717) is 18.9 Å². The summed E-state index contributed by atoms with van der Waals surface area (Å²) in [5.74, 6) is 0.522. The molecular formula is C14H20N2O3. The van der Waals surface area contributed by atoms with Crippen LogP contribution in [-0.4, -0.2) is 30.7 Å². The van der Waals surface area contributed by atoms with Crippen molar-refractivity contribution in [2.45, 2.75) is 32.6 Å². The van der Waals surface area contributed by atoms with E-state index in [-0.39, 0.29) is 18.2 Å². The highest BCUT2D eigenvalue weighted by Crippen LogP contribution is 2.30. The fourth-order valence-electron chi connectivity index (χ4n) is 1.96. The summed E-state index contributed by atoms with van der Waals surface area (Å²) in [7, 11) is 1.70. The number of amides is 1. The number of benzene rings is 1. The monoisotopic (exact) mass is 264 g/mol. The summed E-state index contributed by atoms with van der Waals surface area (Å²) in [6.07, 6.45) is -0.395. The summed E-state index contributed by atoms with van der Waals surface area (Å²) >= 11 is 0. The molecule has 1 aromatic rings. The molecule has 1 aliphatic heterocycles. The topological polar surface area (TPSA) is 64.8 Å². The first-order valence-electron chi connectivity index (χ1n) is 6.46. The predicted octanol–water partition coefficient (Wildman–Crippen LogP) is 2.06. The van der Waals surface area contributed by atoms with Gasteiger partial charge in [0.1, 0.15) is 5.75 Å². The molecule has 2 N–H and O–H groups in total. The zero-order valence-corrected chi connectivity index (χ0v) is 11.6. The Morgan fingerprint density at radius 2 is 2.32 bits per heavy atom. The van der Waals surface area contributed by atoms with Gasteiger partial charge >= 0.3 is 6.09 Å². The Hall–Kier alpha value is -1.59. The van der Waals surface area contributed by atoms with Crippen LogP contribution in [0.4, 0.5) is 4.79 Å². The molecule has 1 unspecified atom stereocenters. The minimum absolute atomic E-state index is 0.0308. The van der Waals surface area contributed by atoms with Gasteiger partial charge in [0.25, 0.3) is 0 Å². The molecule has 0 saturated carbocycles. The van der Waals surface area contributed by atoms with E-state index in [4.69, 9.17) is 15.2 Å². The number of carbonyl (C=O) groups is 1. The SMILES string of the molecule is CCN(C)C(=O)Oc1ccc2c(c1)C(N)[C@H](C)OC2. The number of nitrogens with zero attached hydrogens (tertiary/aromatic N) is 1. The number of ether oxygens (including phenoxy) is 2. The minimum atomic E-state index is -0.365. The van der Waals surface area contributed by atoms with Crippen LogP contribution in [-0.2, 0) is 11.3 Å². The van der Waals surface area contributed by atoms with Crippen LogP contribution in [0.2, 0.25) is 0 Å². The Bertz CT molecular complexity index is 476. The third-order valence-corrected chi connectivity index (χ3v) is 3.48. The molecule has 2 atom stereocenters. The van der Waals surface area contributed by atoms with Crippen LogP contribution in [0.1, 0.15) is 31.0 Å². The Labute approximate surface area is 113 Å². The van der Waals surface area contributed by atoms with Gasteiger partial charge in [-0.25, -0.2) is 4.79 Å². The van der Waals surface area contributed by atoms with Crippen molar-refractivity contribution in [3.63, 3.8) is 0 Å². The van der Waals surface area contributed by atoms with Crippen molar-refractivity contribution >= 4 is 6.09 Å². The third-order valence-electron chi connectivity index (χ3n) is 3.48. The van der Waals surface area contributed by atoms with Crippen molar-refractivity contribution in [2.24, 2.45) is 5.73 Å². The molecule has 0 bridgehead atoms. The lowest BCUT2D eigenvalue weighted by molar-refractivity contribution is 0.0213. The van der Waals surface area contributed by atoms with Gasteiger partial charge in [-0.1, -0.05) is 6.07 Å². The summed E-state index contributed by atoms with van der Waals surface area (Å²) in [5.41, 5.74) is 8.14. The second-order valence-electron chi connectivity index (χ2n) is 4.78. The fraction of sp³-hybridized carbons (Fsp3) is 0.500. The first-order valence-corrected chi connectivity index (χ1v) is 6.46. The zero-order valence-electron chi connectivity index (χ0n) is 11.6. The molecule has 0 radical (unpaired) electrons. The maximum Gasteiger partial charge on any atom is 0.414 e. The lowest BCUT2D eigenvalue weighted by atomic mass is 9.95. The van der Waals surface area contributed by atoms with Crippen LogP contribution in [0.5, 0.6) is 5.75 Å². The molecule has 0 aliphatic carbocycles. The number of rotatable bonds is 2. The van der Waals surface area contributed by atoms with Crippen molar-refractivity contribution in [2.75, 3.05) is 13.6 Å². The second kappa shape index (κ2) is 5.59. The van der Waals surface area contributed by atoms with Gasteiger partial charge in [-0.3, -0.25) is 0 Å². The van der Waals surface area contributed by atoms with Gasteiger partial charge in [0.2, 0.25) is 0 Å². The molecule has 5 heteroatoms. The van der Waals surface area contributed by atoms with E-state index in [1.54, 1.807) is 13.1 Å². The molecule has 0 spiro atoms. The lowest BCUT2D eigenvalue weighted by Gasteiger charge is -2.29. The van der Waals surface area contributed by atoms with Crippen molar-refractivity contribution in [3.8, 4) is 5.75 Å². The summed E-state index contributed by atoms with van der Waals surface area (Å²) in [4.78, 5) is 13.2. The highest BCUT2D eigenvalue weighted by Gasteiger charge is 2.24. The van der Waals surface area contributed by atoms with Gasteiger partial charge in [0.15, 0.2) is 0 Å². The number of carbonyl (C=O) groups excluding carboxylic acids is 1. The van der Waals surface area contributed by atoms with Crippen molar-refractivity contribution in [3.05, 3.63) is 29.3 Å². The molecule has 2 rings (SSSR count). The van der Waals surface area contributed by atoms with Gasteiger partial charge in [-0.05, 0) is 37.1 Å². The largest absolute Gasteiger partial charge is 0.414 e. The minimum Gasteiger partial charge on any atom is -0.410 e. The zero-order chi connectivity index (χ0) is 14.0. The van der Waals surface area contributed by atoms with Crippen LogP contribution < -0.4 is 10.5 Å². The van der Waals surface area contributed by atoms with Crippen molar-refractivity contribution in [1.82, 2.24) is 4.90 Å². The van der Waals surface area contributed by atoms with Crippen LogP contribution in [0.15, 0.2) is 18.2 Å². The molecule has 19 heavy (non-hydrogen) atoms. The molecule has 1 aromatic carbocycles. The Morgan fingerprint density at radius 3 is 3.00 bits per heavy atom. The van der Waals surface area contributed by atoms with Gasteiger partial charge in [-0.2, -0.15) is 0 Å². The average Bonchev–Trinajstić information content (AvgIpc) is 2.42. The smallest absolute Gasteiger partial charge is 0.410 e. The highest BCUT2D eigenvalue weighted by atomic mass is 16.6. The summed E-state index contributed by atoms with van der Waals surface area (Å²) in [6.45, 7) is 4.99. The van der Waals surface area contributed by atoms with E-state index in [9.17, 15) is 4.79 Å². The van der Waals surface area contributed by atoms with Gasteiger partial charge in [0, 0.05) is 13.6 Å². The summed E-state index contributed by atoms with van der Waals surface area (Å²) < 4.78 is 10.9. The number of fused-ring (bicyclic) bond motifs is 1. The second-order valence-corrected chi connectivity index (χ2v) is 4.78. The Kier molecular flexibility index (Phi) is 4.07. The van der Waals surface area contributed by atoms with Crippen LogP contribution >= 0.6 is 0 Å². The maximum atomic E-state index is 11.7. The normalized spacial score (nSPS) is 21.7. The lowest BCUT2D eigenvalue weighted by Crippen LogP contribution is -2.32. The first-order chi connectivity index (χ1) is 9.02. The first kappa shape index (κ1) is 13.8. The number of hydrogen-bond donors (Lipinski definition) is 1. The standard InChI is InChI=1S/C14H20N2O3/c1-4-16(3)14(17)19-11-6-5-10-8-18-9(2)13(15)12(10)7-11/h5-7,9,13H,4,8,15H2,1-3H3/t9-,13?/m0/s1. The van der Waals surface area contributed by atoms with E-state index >= 15 is 0 Å². The highest BCUT2D eigenvalue weighted by molar-refractivity contribution is 5.70. The van der Waals surface area contributed by atoms with E-state index in [1.165, 1.54) is 4.90 Å². The molecule has 5 nitrogen and oxygen atoms in total. The van der Waals surface area contributed by atoms with Crippen LogP contribution in [0.3, 0.4) is 0 Å². The molecule has 1 heterocycles. The van der Waals surface area contributed by atoms with E-state index < -0.39 is 0 Å². The van der Waals surface area contributed by atoms with E-state index in [1.807, 2.05) is 26.0 Å². The summed E-state index contributed by atoms with van der Waals surface area (Å²) in [5, 5.41) is 0. The molecule has 0 fully saturated rings.